The summed E-state index contributed by atoms with van der Waals surface area (Å²) in [4.78, 5) is 11.2. The number of alkyl carbamates (subject to hydrolysis) is 1. The Morgan fingerprint density at radius 2 is 2.33 bits per heavy atom. The van der Waals surface area contributed by atoms with Crippen molar-refractivity contribution in [1.82, 2.24) is 5.32 Å². The lowest BCUT2D eigenvalue weighted by Crippen LogP contribution is -2.47. The van der Waals surface area contributed by atoms with Crippen molar-refractivity contribution < 1.29 is 17.9 Å². The second-order valence-corrected chi connectivity index (χ2v) is 6.10. The quantitative estimate of drug-likeness (QED) is 0.719. The number of rotatable bonds is 3. The second kappa shape index (κ2) is 4.22. The van der Waals surface area contributed by atoms with Crippen LogP contribution in [0.4, 0.5) is 4.79 Å². The van der Waals surface area contributed by atoms with E-state index in [1.807, 2.05) is 0 Å². The van der Waals surface area contributed by atoms with Gasteiger partial charge in [-0.15, -0.1) is 0 Å². The Hall–Kier alpha value is -1.04. The maximum Gasteiger partial charge on any atom is 0.407 e. The zero-order valence-electron chi connectivity index (χ0n) is 8.65. The minimum Gasteiger partial charge on any atom is -0.445 e. The molecule has 1 rings (SSSR count). The van der Waals surface area contributed by atoms with Crippen LogP contribution in [0, 0.1) is 0 Å². The molecule has 15 heavy (non-hydrogen) atoms. The fraction of sp³-hybridized carbons (Fsp3) is 0.667. The van der Waals surface area contributed by atoms with E-state index < -0.39 is 21.5 Å². The van der Waals surface area contributed by atoms with Gasteiger partial charge in [-0.1, -0.05) is 12.7 Å². The van der Waals surface area contributed by atoms with Crippen LogP contribution >= 0.6 is 0 Å². The van der Waals surface area contributed by atoms with Crippen LogP contribution < -0.4 is 5.32 Å². The van der Waals surface area contributed by atoms with Gasteiger partial charge < -0.3 is 10.1 Å². The highest BCUT2D eigenvalue weighted by Crippen LogP contribution is 2.22. The molecule has 0 aromatic rings. The topological polar surface area (TPSA) is 72.5 Å². The summed E-state index contributed by atoms with van der Waals surface area (Å²) in [6.07, 6.45) is 1.28. The summed E-state index contributed by atoms with van der Waals surface area (Å²) < 4.78 is 27.2. The Labute approximate surface area is 89.4 Å². The number of carbonyl (C=O) groups is 1. The van der Waals surface area contributed by atoms with E-state index in [1.165, 1.54) is 6.08 Å². The van der Waals surface area contributed by atoms with Gasteiger partial charge in [0.1, 0.15) is 6.61 Å². The summed E-state index contributed by atoms with van der Waals surface area (Å²) in [5.74, 6) is 0.0917. The number of nitrogens with one attached hydrogen (secondary N) is 1. The van der Waals surface area contributed by atoms with Gasteiger partial charge in [0.05, 0.1) is 17.0 Å². The summed E-state index contributed by atoms with van der Waals surface area (Å²) in [5.41, 5.74) is -0.697. The van der Waals surface area contributed by atoms with Gasteiger partial charge in [-0.2, -0.15) is 0 Å². The molecule has 1 atom stereocenters. The molecule has 0 bridgehead atoms. The first-order valence-electron chi connectivity index (χ1n) is 4.63. The Balaban J connectivity index is 2.51. The van der Waals surface area contributed by atoms with Crippen LogP contribution in [0.1, 0.15) is 13.3 Å². The summed E-state index contributed by atoms with van der Waals surface area (Å²) in [6.45, 7) is 5.22. The average molecular weight is 233 g/mol. The smallest absolute Gasteiger partial charge is 0.407 e. The van der Waals surface area contributed by atoms with Crippen molar-refractivity contribution in [2.75, 3.05) is 18.1 Å². The van der Waals surface area contributed by atoms with Crippen LogP contribution in [0.5, 0.6) is 0 Å². The molecule has 86 valence electrons. The highest BCUT2D eigenvalue weighted by molar-refractivity contribution is 7.91. The summed E-state index contributed by atoms with van der Waals surface area (Å²) in [7, 11) is -3.01. The molecule has 5 nitrogen and oxygen atoms in total. The average Bonchev–Trinajstić information content (AvgIpc) is 2.37. The van der Waals surface area contributed by atoms with E-state index >= 15 is 0 Å². The van der Waals surface area contributed by atoms with Gasteiger partial charge in [-0.25, -0.2) is 13.2 Å². The van der Waals surface area contributed by atoms with Gasteiger partial charge in [0, 0.05) is 0 Å². The Kier molecular flexibility index (Phi) is 3.38. The maximum atomic E-state index is 11.2. The van der Waals surface area contributed by atoms with Gasteiger partial charge in [-0.3, -0.25) is 0 Å². The molecule has 0 aromatic heterocycles. The molecule has 1 aliphatic heterocycles. The van der Waals surface area contributed by atoms with Gasteiger partial charge in [0.25, 0.3) is 0 Å². The first kappa shape index (κ1) is 12.0. The predicted octanol–water partition coefficient (Wildman–Crippen LogP) is 0.476. The van der Waals surface area contributed by atoms with Crippen LogP contribution in [0.15, 0.2) is 12.7 Å². The molecular formula is C9H15NO4S. The van der Waals surface area contributed by atoms with Crippen LogP contribution in [0.3, 0.4) is 0 Å². The number of ether oxygens (including phenoxy) is 1. The van der Waals surface area contributed by atoms with Gasteiger partial charge in [0.2, 0.25) is 0 Å². The zero-order valence-corrected chi connectivity index (χ0v) is 9.47. The molecule has 1 amide bonds. The van der Waals surface area contributed by atoms with E-state index in [-0.39, 0.29) is 18.1 Å². The number of carbonyl (C=O) groups excluding carboxylic acids is 1. The molecule has 1 aliphatic rings. The van der Waals surface area contributed by atoms with Crippen molar-refractivity contribution in [3.63, 3.8) is 0 Å². The van der Waals surface area contributed by atoms with E-state index in [0.29, 0.717) is 6.42 Å². The monoisotopic (exact) mass is 233 g/mol. The van der Waals surface area contributed by atoms with Crippen molar-refractivity contribution in [3.05, 3.63) is 12.7 Å². The maximum absolute atomic E-state index is 11.2. The van der Waals surface area contributed by atoms with Crippen molar-refractivity contribution >= 4 is 15.9 Å². The Morgan fingerprint density at radius 3 is 2.80 bits per heavy atom. The third kappa shape index (κ3) is 3.54. The molecule has 6 heteroatoms. The van der Waals surface area contributed by atoms with Crippen LogP contribution in [0.2, 0.25) is 0 Å². The second-order valence-electron chi connectivity index (χ2n) is 3.91. The summed E-state index contributed by atoms with van der Waals surface area (Å²) in [6, 6.07) is 0. The highest BCUT2D eigenvalue weighted by atomic mass is 32.2. The molecular weight excluding hydrogens is 218 g/mol. The minimum atomic E-state index is -3.01. The molecule has 1 fully saturated rings. The number of hydrogen-bond acceptors (Lipinski definition) is 4. The lowest BCUT2D eigenvalue weighted by Gasteiger charge is -2.22. The number of sulfone groups is 1. The van der Waals surface area contributed by atoms with Gasteiger partial charge >= 0.3 is 6.09 Å². The summed E-state index contributed by atoms with van der Waals surface area (Å²) >= 11 is 0. The first-order chi connectivity index (χ1) is 6.87. The molecule has 0 aromatic carbocycles. The normalized spacial score (nSPS) is 28.3. The van der Waals surface area contributed by atoms with Gasteiger partial charge in [-0.05, 0) is 13.3 Å². The van der Waals surface area contributed by atoms with Crippen molar-refractivity contribution in [1.29, 1.82) is 0 Å². The lowest BCUT2D eigenvalue weighted by molar-refractivity contribution is 0.148. The Morgan fingerprint density at radius 1 is 1.67 bits per heavy atom. The van der Waals surface area contributed by atoms with Crippen LogP contribution in [-0.2, 0) is 14.6 Å². The van der Waals surface area contributed by atoms with E-state index in [0.717, 1.165) is 0 Å². The first-order valence-corrected chi connectivity index (χ1v) is 6.45. The molecule has 0 saturated carbocycles. The molecule has 1 N–H and O–H groups in total. The van der Waals surface area contributed by atoms with Crippen LogP contribution in [0.25, 0.3) is 0 Å². The SMILES string of the molecule is C=CCOC(=O)NC1(C)CCS(=O)(=O)C1. The standard InChI is InChI=1S/C9H15NO4S/c1-3-5-14-8(11)10-9(2)4-6-15(12,13)7-9/h3H,1,4-7H2,2H3,(H,10,11). The van der Waals surface area contributed by atoms with E-state index in [1.54, 1.807) is 6.92 Å². The number of amides is 1. The van der Waals surface area contributed by atoms with Crippen LogP contribution in [-0.4, -0.2) is 38.2 Å². The predicted molar refractivity (Wildman–Crippen MR) is 56.4 cm³/mol. The van der Waals surface area contributed by atoms with E-state index in [2.05, 4.69) is 11.9 Å². The fourth-order valence-electron chi connectivity index (χ4n) is 1.53. The fourth-order valence-corrected chi connectivity index (χ4v) is 3.62. The molecule has 1 unspecified atom stereocenters. The lowest BCUT2D eigenvalue weighted by atomic mass is 10.0. The molecule has 0 spiro atoms. The zero-order chi connectivity index (χ0) is 11.5. The molecule has 1 saturated heterocycles. The van der Waals surface area contributed by atoms with Crippen molar-refractivity contribution in [3.8, 4) is 0 Å². The van der Waals surface area contributed by atoms with Gasteiger partial charge in [0.15, 0.2) is 9.84 Å². The minimum absolute atomic E-state index is 0.0246. The van der Waals surface area contributed by atoms with Crippen molar-refractivity contribution in [2.24, 2.45) is 0 Å². The third-order valence-corrected chi connectivity index (χ3v) is 4.14. The number of hydrogen-bond donors (Lipinski definition) is 1. The highest BCUT2D eigenvalue weighted by Gasteiger charge is 2.39. The largest absolute Gasteiger partial charge is 0.445 e. The van der Waals surface area contributed by atoms with E-state index in [4.69, 9.17) is 4.74 Å². The molecule has 0 radical (unpaired) electrons. The Bertz CT molecular complexity index is 362. The summed E-state index contributed by atoms with van der Waals surface area (Å²) in [5, 5.41) is 2.56. The van der Waals surface area contributed by atoms with E-state index in [9.17, 15) is 13.2 Å². The van der Waals surface area contributed by atoms with Crippen molar-refractivity contribution in [2.45, 2.75) is 18.9 Å². The third-order valence-electron chi connectivity index (χ3n) is 2.24. The molecule has 1 heterocycles. The molecule has 0 aliphatic carbocycles.